The molecule has 1 spiro atoms. The Balaban J connectivity index is 0.703. The van der Waals surface area contributed by atoms with E-state index in [2.05, 4.69) is 41.3 Å². The molecule has 0 radical (unpaired) electrons. The summed E-state index contributed by atoms with van der Waals surface area (Å²) in [7, 11) is 1.57. The van der Waals surface area contributed by atoms with Crippen molar-refractivity contribution in [3.8, 4) is 0 Å². The number of carbonyl (C=O) groups is 8. The fourth-order valence-electron chi connectivity index (χ4n) is 16.4. The number of methoxy groups -OCH3 is 1. The van der Waals surface area contributed by atoms with Crippen molar-refractivity contribution in [2.45, 2.75) is 245 Å². The number of urea groups is 1. The summed E-state index contributed by atoms with van der Waals surface area (Å²) < 4.78 is 72.8. The summed E-state index contributed by atoms with van der Waals surface area (Å²) in [5.41, 5.74) is 7.36. The third-order valence-electron chi connectivity index (χ3n) is 21.6. The Morgan fingerprint density at radius 1 is 0.732 bits per heavy atom. The molecule has 21 atom stereocenters. The zero-order chi connectivity index (χ0) is 68.7. The lowest BCUT2D eigenvalue weighted by Crippen LogP contribution is -2.61. The summed E-state index contributed by atoms with van der Waals surface area (Å²) in [6, 6.07) is -3.00. The van der Waals surface area contributed by atoms with Crippen molar-refractivity contribution in [2.24, 2.45) is 23.5 Å². The average Bonchev–Trinajstić information content (AvgIpc) is 1.55. The Morgan fingerprint density at radius 2 is 1.42 bits per heavy atom. The number of aliphatic hydroxyl groups is 1. The Morgan fingerprint density at radius 3 is 2.15 bits per heavy atom. The average molecular weight is 1370 g/mol. The van der Waals surface area contributed by atoms with Crippen LogP contribution < -0.4 is 27.0 Å². The first-order chi connectivity index (χ1) is 46.6. The number of carbonyl (C=O) groups excluding carboxylic acids is 8. The standard InChI is InChI=1S/C69H104N8O20/c1-38(2)59(74-55(80)37-75-21-25-88-27-23-76(24-28-89-26-22-75)56(81)10-8-20-77-57(82)15-16-58(77)83)67(85)73-48(9-7-19-71-68(70)86)66(84)72-36-43(79)33-53-60(87-6)47-32-42(78)31-45-12-14-50-61(92-45)65-64-63(94-50)62-54(95-64)35-69(96-62,97-65)18-17-46-30-40(4)49(90-46)13-11-44-29-39(3)41(5)51(91-44)34-52(47)93-53/h15-16,38-39,43-54,59-65,79H,4-5,7-14,17-37H2,1-3,6H3,(H,72,84)(H,73,85)(H,74,80)(H3,70,71,86)/t39-,43+,44+,45-,46+,47+,48+,49+,50+,51-,52+,53-,54-,59+,60-,61+,62+,63?,64?,65+,69+/m1/s1. The molecule has 28 nitrogen and oxygen atoms in total. The molecule has 12 aliphatic rings. The number of primary amides is 1. The second-order valence-electron chi connectivity index (χ2n) is 28.9. The van der Waals surface area contributed by atoms with Crippen LogP contribution in [-0.4, -0.2) is 268 Å². The third-order valence-corrected chi connectivity index (χ3v) is 21.6. The highest BCUT2D eigenvalue weighted by atomic mass is 16.8. The van der Waals surface area contributed by atoms with Gasteiger partial charge in [0, 0.05) is 116 Å². The van der Waals surface area contributed by atoms with E-state index in [-0.39, 0.29) is 158 Å². The first-order valence-electron chi connectivity index (χ1n) is 35.6. The summed E-state index contributed by atoms with van der Waals surface area (Å²) in [6.07, 6.45) is 3.75. The molecule has 97 heavy (non-hydrogen) atoms. The number of rotatable bonds is 20. The van der Waals surface area contributed by atoms with Crippen LogP contribution in [0.25, 0.3) is 0 Å². The summed E-state index contributed by atoms with van der Waals surface area (Å²) >= 11 is 0. The van der Waals surface area contributed by atoms with Gasteiger partial charge >= 0.3 is 6.03 Å². The van der Waals surface area contributed by atoms with Gasteiger partial charge in [-0.15, -0.1) is 0 Å². The molecule has 0 saturated carbocycles. The number of ketones is 1. The topological polar surface area (TPSA) is 342 Å². The van der Waals surface area contributed by atoms with E-state index in [0.29, 0.717) is 64.7 Å². The van der Waals surface area contributed by atoms with Crippen molar-refractivity contribution < 1.29 is 95.6 Å². The second-order valence-corrected chi connectivity index (χ2v) is 28.9. The smallest absolute Gasteiger partial charge is 0.312 e. The number of ether oxygens (including phenoxy) is 11. The van der Waals surface area contributed by atoms with Gasteiger partial charge in [0.25, 0.3) is 11.8 Å². The van der Waals surface area contributed by atoms with E-state index < -0.39 is 114 Å². The van der Waals surface area contributed by atoms with Crippen molar-refractivity contribution in [1.29, 1.82) is 0 Å². The zero-order valence-corrected chi connectivity index (χ0v) is 56.8. The molecule has 12 heterocycles. The minimum Gasteiger partial charge on any atom is -0.391 e. The van der Waals surface area contributed by atoms with Gasteiger partial charge in [0.15, 0.2) is 5.79 Å². The Labute approximate surface area is 568 Å². The van der Waals surface area contributed by atoms with E-state index >= 15 is 0 Å². The van der Waals surface area contributed by atoms with Gasteiger partial charge in [-0.25, -0.2) is 4.79 Å². The quantitative estimate of drug-likeness (QED) is 0.0572. The third kappa shape index (κ3) is 18.1. The number of amides is 8. The lowest BCUT2D eigenvalue weighted by Gasteiger charge is -2.47. The molecule has 12 rings (SSSR count). The molecule has 2 unspecified atom stereocenters. The van der Waals surface area contributed by atoms with Crippen LogP contribution in [0.2, 0.25) is 0 Å². The van der Waals surface area contributed by atoms with Gasteiger partial charge in [0.05, 0.1) is 100 Å². The van der Waals surface area contributed by atoms with Gasteiger partial charge < -0.3 is 89.1 Å². The summed E-state index contributed by atoms with van der Waals surface area (Å²) in [4.78, 5) is 110. The Kier molecular flexibility index (Phi) is 24.8. The molecular weight excluding hydrogens is 1260 g/mol. The number of imide groups is 1. The van der Waals surface area contributed by atoms with Crippen LogP contribution in [0.5, 0.6) is 0 Å². The normalized spacial score (nSPS) is 36.6. The van der Waals surface area contributed by atoms with Gasteiger partial charge in [0.1, 0.15) is 48.4 Å². The molecule has 8 amide bonds. The minimum atomic E-state index is -1.18. The lowest BCUT2D eigenvalue weighted by atomic mass is 9.81. The molecule has 28 heteroatoms. The SMILES string of the molecule is C=C1C[C@@H]2CC[C@@]34C[C@H]5OC6C(O[C@H]7CC[C@H](CC(=O)C[C@@H]8[C@@H](OC)[C@@H](C[C@H](O)CNC(=O)[C@H](CCCNC(N)=O)NC(=O)[C@@H](NC(=O)CN9CCOCCN(C(=O)CCCN%10C(=O)C=CC%10=O)CCOCC9)C(C)C)O[C@H]8C[C@H]8O[C@@H](CC[C@@H]1O2)C[C@@H](C)C8=C)O[C@@H]7[C@@H]6O3)[C@H]5O4. The molecule has 11 saturated heterocycles. The van der Waals surface area contributed by atoms with Crippen LogP contribution in [0.1, 0.15) is 130 Å². The van der Waals surface area contributed by atoms with E-state index in [0.717, 1.165) is 48.2 Å². The van der Waals surface area contributed by atoms with Crippen molar-refractivity contribution in [3.63, 3.8) is 0 Å². The highest BCUT2D eigenvalue weighted by Crippen LogP contribution is 2.54. The van der Waals surface area contributed by atoms with Gasteiger partial charge in [-0.05, 0) is 87.2 Å². The number of nitrogens with two attached hydrogens (primary N) is 1. The molecule has 11 fully saturated rings. The Hall–Kier alpha value is -5.34. The van der Waals surface area contributed by atoms with E-state index in [4.69, 9.17) is 57.8 Å². The van der Waals surface area contributed by atoms with Crippen molar-refractivity contribution in [3.05, 3.63) is 36.5 Å². The maximum absolute atomic E-state index is 14.7. The molecule has 0 aliphatic carbocycles. The first kappa shape index (κ1) is 72.9. The van der Waals surface area contributed by atoms with Crippen molar-refractivity contribution >= 4 is 47.3 Å². The van der Waals surface area contributed by atoms with Crippen LogP contribution >= 0.6 is 0 Å². The molecule has 0 aromatic heterocycles. The van der Waals surface area contributed by atoms with Crippen LogP contribution in [0.4, 0.5) is 4.79 Å². The fourth-order valence-corrected chi connectivity index (χ4v) is 16.4. The van der Waals surface area contributed by atoms with Gasteiger partial charge in [0.2, 0.25) is 23.6 Å². The number of Topliss-reactive ketones (excluding diaryl/α,β-unsaturated/α-hetero) is 1. The van der Waals surface area contributed by atoms with Crippen LogP contribution in [0.3, 0.4) is 0 Å². The largest absolute Gasteiger partial charge is 0.391 e. The van der Waals surface area contributed by atoms with E-state index in [1.54, 1.807) is 25.9 Å². The minimum absolute atomic E-state index is 0.00960. The number of aliphatic hydroxyl groups excluding tert-OH is 1. The van der Waals surface area contributed by atoms with E-state index in [1.807, 2.05) is 4.90 Å². The second kappa shape index (κ2) is 33.0. The van der Waals surface area contributed by atoms with Crippen molar-refractivity contribution in [2.75, 3.05) is 85.9 Å². The number of nitrogens with one attached hydrogen (secondary N) is 4. The predicted octanol–water partition coefficient (Wildman–Crippen LogP) is 1.55. The lowest BCUT2D eigenvalue weighted by molar-refractivity contribution is -0.292. The van der Waals surface area contributed by atoms with Crippen LogP contribution in [-0.2, 0) is 85.7 Å². The fraction of sp³-hybridized carbons (Fsp3) is 0.797. The van der Waals surface area contributed by atoms with Gasteiger partial charge in [-0.1, -0.05) is 33.9 Å². The van der Waals surface area contributed by atoms with E-state index in [9.17, 15) is 43.5 Å². The Bertz CT molecular complexity index is 2850. The first-order valence-corrected chi connectivity index (χ1v) is 35.6. The highest BCUT2D eigenvalue weighted by Gasteiger charge is 2.69. The maximum atomic E-state index is 14.7. The molecule has 7 N–H and O–H groups in total. The van der Waals surface area contributed by atoms with Gasteiger partial charge in [-0.3, -0.25) is 43.4 Å². The highest BCUT2D eigenvalue weighted by molar-refractivity contribution is 6.12. The number of fused-ring (bicyclic) bond motifs is 6. The summed E-state index contributed by atoms with van der Waals surface area (Å²) in [5, 5.41) is 22.9. The molecule has 540 valence electrons. The molecule has 0 aromatic rings. The number of hydrogen-bond acceptors (Lipinski definition) is 21. The zero-order valence-electron chi connectivity index (χ0n) is 56.8. The van der Waals surface area contributed by atoms with Crippen molar-refractivity contribution in [1.82, 2.24) is 36.0 Å². The number of nitrogens with zero attached hydrogens (tertiary/aromatic N) is 3. The van der Waals surface area contributed by atoms with Gasteiger partial charge in [-0.2, -0.15) is 0 Å². The summed E-state index contributed by atoms with van der Waals surface area (Å²) in [5.74, 6) is -4.28. The molecule has 0 aromatic carbocycles. The van der Waals surface area contributed by atoms with Crippen LogP contribution in [0, 0.1) is 17.8 Å². The predicted molar refractivity (Wildman–Crippen MR) is 345 cm³/mol. The van der Waals surface area contributed by atoms with Crippen LogP contribution in [0.15, 0.2) is 36.5 Å². The number of hydrogen-bond donors (Lipinski definition) is 6. The molecule has 12 aliphatic heterocycles. The molecular formula is C69H104N8O20. The summed E-state index contributed by atoms with van der Waals surface area (Å²) in [6.45, 7) is 16.8. The maximum Gasteiger partial charge on any atom is 0.312 e. The monoisotopic (exact) mass is 1360 g/mol. The molecule has 12 bridgehead atoms. The van der Waals surface area contributed by atoms with E-state index in [1.165, 1.54) is 12.2 Å².